The molecule has 0 bridgehead atoms. The van der Waals surface area contributed by atoms with Crippen molar-refractivity contribution in [1.29, 1.82) is 0 Å². The molecule has 13 heteroatoms. The summed E-state index contributed by atoms with van der Waals surface area (Å²) in [5, 5.41) is 0. The third-order valence-corrected chi connectivity index (χ3v) is 10.1. The largest absolute Gasteiger partial charge is 0.469 e. The number of ether oxygens (including phenoxy) is 4. The van der Waals surface area contributed by atoms with Crippen LogP contribution >= 0.6 is 0 Å². The van der Waals surface area contributed by atoms with E-state index in [4.69, 9.17) is 18.9 Å². The van der Waals surface area contributed by atoms with Gasteiger partial charge in [-0.05, 0) is 102 Å². The number of sulfonamides is 1. The van der Waals surface area contributed by atoms with E-state index in [9.17, 15) is 26.2 Å². The molecule has 3 aromatic carbocycles. The van der Waals surface area contributed by atoms with Crippen LogP contribution in [0.1, 0.15) is 67.3 Å². The summed E-state index contributed by atoms with van der Waals surface area (Å²) in [5.41, 5.74) is 3.21. The van der Waals surface area contributed by atoms with Crippen molar-refractivity contribution in [2.24, 2.45) is 0 Å². The Hall–Kier alpha value is -4.01. The topological polar surface area (TPSA) is 155 Å². The van der Waals surface area contributed by atoms with Gasteiger partial charge in [0.25, 0.3) is 16.0 Å². The highest BCUT2D eigenvalue weighted by Gasteiger charge is 2.27. The molecule has 1 aliphatic carbocycles. The zero-order chi connectivity index (χ0) is 34.6. The zero-order valence-corrected chi connectivity index (χ0v) is 28.7. The van der Waals surface area contributed by atoms with Crippen LogP contribution in [0.15, 0.2) is 83.5 Å². The molecule has 2 atom stereocenters. The Bertz CT molecular complexity index is 1960. The van der Waals surface area contributed by atoms with Crippen molar-refractivity contribution in [2.75, 3.05) is 19.5 Å². The van der Waals surface area contributed by atoms with Gasteiger partial charge in [-0.15, -0.1) is 0 Å². The summed E-state index contributed by atoms with van der Waals surface area (Å²) < 4.78 is 85.6. The molecule has 0 radical (unpaired) electrons. The fourth-order valence-corrected chi connectivity index (χ4v) is 7.53. The van der Waals surface area contributed by atoms with Gasteiger partial charge >= 0.3 is 0 Å². The molecule has 3 aliphatic rings. The number of allylic oxidation sites excluding steroid dienone is 4. The van der Waals surface area contributed by atoms with Crippen molar-refractivity contribution in [3.05, 3.63) is 89.7 Å². The first-order valence-electron chi connectivity index (χ1n) is 16.3. The van der Waals surface area contributed by atoms with Gasteiger partial charge in [-0.3, -0.25) is 9.35 Å². The van der Waals surface area contributed by atoms with E-state index in [1.54, 1.807) is 54.6 Å². The maximum Gasteiger partial charge on any atom is 0.295 e. The van der Waals surface area contributed by atoms with Gasteiger partial charge in [-0.25, -0.2) is 13.1 Å². The molecule has 0 spiro atoms. The van der Waals surface area contributed by atoms with Gasteiger partial charge in [0.05, 0.1) is 25.2 Å². The molecule has 3 aromatic rings. The van der Waals surface area contributed by atoms with Crippen LogP contribution in [0.2, 0.25) is 0 Å². The average molecular weight is 710 g/mol. The van der Waals surface area contributed by atoms with Gasteiger partial charge in [0, 0.05) is 30.4 Å². The quantitative estimate of drug-likeness (QED) is 0.224. The fourth-order valence-electron chi connectivity index (χ4n) is 6.15. The first-order chi connectivity index (χ1) is 23.4. The van der Waals surface area contributed by atoms with Crippen molar-refractivity contribution < 1.29 is 45.1 Å². The van der Waals surface area contributed by atoms with Crippen molar-refractivity contribution in [3.8, 4) is 28.0 Å². The van der Waals surface area contributed by atoms with Gasteiger partial charge < -0.3 is 18.9 Å². The van der Waals surface area contributed by atoms with Gasteiger partial charge in [-0.1, -0.05) is 30.3 Å². The molecule has 2 unspecified atom stereocenters. The number of carbonyl (C=O) groups excluding carboxylic acids is 1. The van der Waals surface area contributed by atoms with Gasteiger partial charge in [-0.2, -0.15) is 8.42 Å². The Morgan fingerprint density at radius 2 is 1.37 bits per heavy atom. The van der Waals surface area contributed by atoms with Crippen molar-refractivity contribution >= 4 is 31.6 Å². The lowest BCUT2D eigenvalue weighted by atomic mass is 9.89. The summed E-state index contributed by atoms with van der Waals surface area (Å²) in [4.78, 5) is 12.2. The van der Waals surface area contributed by atoms with Crippen LogP contribution in [0, 0.1) is 0 Å². The predicted octanol–water partition coefficient (Wildman–Crippen LogP) is 6.47. The standard InChI is InChI=1S/C36H39NO10S2/c1-48(39,40)37-36(38)27-10-8-24(9-11-27)28-22-31(25-12-16-29(17-13-25)46-33-6-2-4-20-44-33)35(49(41,42)43)32(23-28)26-14-18-30(19-15-26)47-34-7-3-5-21-45-34/h8-14,16-18,22-23,33-34H,2-7,15,19-21H2,1H3,(H,37,38)(H,41,42,43). The predicted molar refractivity (Wildman–Crippen MR) is 184 cm³/mol. The van der Waals surface area contributed by atoms with Crippen LogP contribution in [0.4, 0.5) is 0 Å². The van der Waals surface area contributed by atoms with Gasteiger partial charge in [0.1, 0.15) is 10.6 Å². The molecular weight excluding hydrogens is 671 g/mol. The highest BCUT2D eigenvalue weighted by atomic mass is 32.2. The summed E-state index contributed by atoms with van der Waals surface area (Å²) in [6.07, 6.45) is 10.4. The zero-order valence-electron chi connectivity index (χ0n) is 27.1. The average Bonchev–Trinajstić information content (AvgIpc) is 3.08. The van der Waals surface area contributed by atoms with E-state index < -0.39 is 26.0 Å². The molecule has 2 N–H and O–H groups in total. The Morgan fingerprint density at radius 3 is 1.92 bits per heavy atom. The lowest BCUT2D eigenvalue weighted by Gasteiger charge is -2.26. The van der Waals surface area contributed by atoms with E-state index in [0.717, 1.165) is 50.5 Å². The Labute approximate surface area is 286 Å². The molecule has 0 aromatic heterocycles. The van der Waals surface area contributed by atoms with Gasteiger partial charge in [0.15, 0.2) is 12.6 Å². The number of hydrogen-bond donors (Lipinski definition) is 2. The smallest absolute Gasteiger partial charge is 0.295 e. The molecule has 2 fully saturated rings. The number of nitrogens with one attached hydrogen (secondary N) is 1. The Balaban J connectivity index is 1.41. The fraction of sp³-hybridized carbons (Fsp3) is 0.361. The second kappa shape index (κ2) is 14.9. The number of amides is 1. The molecule has 2 aliphatic heterocycles. The molecule has 49 heavy (non-hydrogen) atoms. The monoisotopic (exact) mass is 709 g/mol. The van der Waals surface area contributed by atoms with E-state index in [1.807, 2.05) is 10.8 Å². The normalized spacial score (nSPS) is 20.1. The third kappa shape index (κ3) is 8.97. The second-order valence-corrected chi connectivity index (χ2v) is 15.4. The number of hydrogen-bond acceptors (Lipinski definition) is 9. The molecule has 260 valence electrons. The van der Waals surface area contributed by atoms with Crippen LogP contribution in [0.25, 0.3) is 27.8 Å². The van der Waals surface area contributed by atoms with E-state index in [0.29, 0.717) is 59.6 Å². The SMILES string of the molecule is CS(=O)(=O)NC(=O)c1ccc(-c2cc(C3=CC=C(OC4CCCCO4)CC3)c(S(=O)(=O)O)c(-c3ccc(OC4CCCCO4)cc3)c2)cc1. The highest BCUT2D eigenvalue weighted by Crippen LogP contribution is 2.41. The minimum atomic E-state index is -4.74. The summed E-state index contributed by atoms with van der Waals surface area (Å²) >= 11 is 0. The van der Waals surface area contributed by atoms with Crippen LogP contribution in [0.5, 0.6) is 5.75 Å². The molecule has 11 nitrogen and oxygen atoms in total. The van der Waals surface area contributed by atoms with Crippen molar-refractivity contribution in [1.82, 2.24) is 4.72 Å². The van der Waals surface area contributed by atoms with Crippen LogP contribution in [-0.4, -0.2) is 59.3 Å². The minimum Gasteiger partial charge on any atom is -0.469 e. The molecule has 2 saturated heterocycles. The maximum atomic E-state index is 13.2. The van der Waals surface area contributed by atoms with E-state index in [-0.39, 0.29) is 28.6 Å². The van der Waals surface area contributed by atoms with Crippen molar-refractivity contribution in [2.45, 2.75) is 68.8 Å². The lowest BCUT2D eigenvalue weighted by Crippen LogP contribution is -2.29. The van der Waals surface area contributed by atoms with Crippen LogP contribution in [0.3, 0.4) is 0 Å². The summed E-state index contributed by atoms with van der Waals surface area (Å²) in [7, 11) is -8.49. The maximum absolute atomic E-state index is 13.2. The Kier molecular flexibility index (Phi) is 10.6. The summed E-state index contributed by atoms with van der Waals surface area (Å²) in [5.74, 6) is 0.535. The Morgan fingerprint density at radius 1 is 0.755 bits per heavy atom. The first kappa shape index (κ1) is 34.8. The molecule has 0 saturated carbocycles. The van der Waals surface area contributed by atoms with Crippen LogP contribution in [-0.2, 0) is 34.4 Å². The third-order valence-electron chi connectivity index (χ3n) is 8.55. The molecular formula is C36H39NO10S2. The molecule has 1 amide bonds. The number of rotatable bonds is 10. The number of carbonyl (C=O) groups is 1. The van der Waals surface area contributed by atoms with E-state index in [2.05, 4.69) is 0 Å². The second-order valence-electron chi connectivity index (χ2n) is 12.3. The first-order valence-corrected chi connectivity index (χ1v) is 19.6. The minimum absolute atomic E-state index is 0.135. The van der Waals surface area contributed by atoms with Crippen LogP contribution < -0.4 is 9.46 Å². The lowest BCUT2D eigenvalue weighted by molar-refractivity contribution is -0.140. The van der Waals surface area contributed by atoms with E-state index >= 15 is 0 Å². The summed E-state index contributed by atoms with van der Waals surface area (Å²) in [6, 6.07) is 16.6. The van der Waals surface area contributed by atoms with Gasteiger partial charge in [0.2, 0.25) is 10.0 Å². The van der Waals surface area contributed by atoms with Crippen molar-refractivity contribution in [3.63, 3.8) is 0 Å². The molecule has 6 rings (SSSR count). The molecule has 2 heterocycles. The number of benzene rings is 3. The summed E-state index contributed by atoms with van der Waals surface area (Å²) in [6.45, 7) is 1.28. The van der Waals surface area contributed by atoms with E-state index in [1.165, 1.54) is 12.1 Å². The highest BCUT2D eigenvalue weighted by molar-refractivity contribution is 7.89.